The molecule has 2 aromatic carbocycles. The van der Waals surface area contributed by atoms with Crippen LogP contribution in [-0.4, -0.2) is 42.1 Å². The van der Waals surface area contributed by atoms with Crippen LogP contribution in [0.15, 0.2) is 48.5 Å². The molecule has 0 bridgehead atoms. The Kier molecular flexibility index (Phi) is 5.64. The summed E-state index contributed by atoms with van der Waals surface area (Å²) in [5, 5.41) is 5.62. The van der Waals surface area contributed by atoms with Gasteiger partial charge in [-0.15, -0.1) is 0 Å². The van der Waals surface area contributed by atoms with Gasteiger partial charge in [-0.2, -0.15) is 0 Å². The average molecular weight is 421 g/mol. The summed E-state index contributed by atoms with van der Waals surface area (Å²) in [5.41, 5.74) is 4.90. The first-order valence-corrected chi connectivity index (χ1v) is 11.4. The maximum absolute atomic E-state index is 6.02. The Morgan fingerprint density at radius 3 is 2.80 bits per heavy atom. The van der Waals surface area contributed by atoms with Gasteiger partial charge < -0.3 is 10.2 Å². The fraction of sp³-hybridized carbons (Fsp3) is 0.400. The van der Waals surface area contributed by atoms with Gasteiger partial charge in [-0.25, -0.2) is 4.98 Å². The number of rotatable bonds is 5. The number of hydrogen-bond acceptors (Lipinski definition) is 4. The summed E-state index contributed by atoms with van der Waals surface area (Å²) in [7, 11) is 0. The molecule has 3 aromatic rings. The van der Waals surface area contributed by atoms with Crippen molar-refractivity contribution in [2.24, 2.45) is 0 Å². The highest BCUT2D eigenvalue weighted by molar-refractivity contribution is 6.30. The summed E-state index contributed by atoms with van der Waals surface area (Å²) >= 11 is 6.02. The largest absolute Gasteiger partial charge is 0.353 e. The minimum atomic E-state index is 0.683. The van der Waals surface area contributed by atoms with E-state index in [1.54, 1.807) is 0 Å². The molecule has 30 heavy (non-hydrogen) atoms. The fourth-order valence-electron chi connectivity index (χ4n) is 4.91. The molecule has 0 radical (unpaired) electrons. The second kappa shape index (κ2) is 8.54. The van der Waals surface area contributed by atoms with Crippen molar-refractivity contribution in [2.45, 2.75) is 38.9 Å². The lowest BCUT2D eigenvalue weighted by Crippen LogP contribution is -2.50. The van der Waals surface area contributed by atoms with Crippen LogP contribution in [0.3, 0.4) is 0 Å². The van der Waals surface area contributed by atoms with Crippen LogP contribution in [0, 0.1) is 6.92 Å². The molecule has 3 heterocycles. The van der Waals surface area contributed by atoms with Crippen LogP contribution in [0.5, 0.6) is 0 Å². The van der Waals surface area contributed by atoms with Gasteiger partial charge in [0.2, 0.25) is 0 Å². The molecule has 2 saturated heterocycles. The number of pyridine rings is 1. The molecule has 2 aliphatic heterocycles. The predicted octanol–water partition coefficient (Wildman–Crippen LogP) is 4.77. The first-order chi connectivity index (χ1) is 14.7. The minimum Gasteiger partial charge on any atom is -0.353 e. The zero-order valence-electron chi connectivity index (χ0n) is 17.6. The SMILES string of the molecule is Cc1cccc2cc(CNCc3ccc(Cl)cc3)c(N3CCN4CCCC4C3)nc12. The minimum absolute atomic E-state index is 0.683. The van der Waals surface area contributed by atoms with Crippen LogP contribution < -0.4 is 10.2 Å². The highest BCUT2D eigenvalue weighted by atomic mass is 35.5. The van der Waals surface area contributed by atoms with Gasteiger partial charge in [0, 0.05) is 54.7 Å². The van der Waals surface area contributed by atoms with E-state index in [0.717, 1.165) is 49.1 Å². The Hall–Kier alpha value is -2.14. The van der Waals surface area contributed by atoms with Crippen molar-refractivity contribution in [3.63, 3.8) is 0 Å². The summed E-state index contributed by atoms with van der Waals surface area (Å²) < 4.78 is 0. The molecule has 5 rings (SSSR count). The van der Waals surface area contributed by atoms with Crippen LogP contribution in [0.1, 0.15) is 29.5 Å². The third-order valence-electron chi connectivity index (χ3n) is 6.55. The molecule has 1 aromatic heterocycles. The highest BCUT2D eigenvalue weighted by Crippen LogP contribution is 2.30. The van der Waals surface area contributed by atoms with Gasteiger partial charge in [0.25, 0.3) is 0 Å². The first kappa shape index (κ1) is 19.8. The number of benzene rings is 2. The van der Waals surface area contributed by atoms with Crippen LogP contribution >= 0.6 is 11.6 Å². The molecule has 1 atom stereocenters. The molecule has 5 heteroatoms. The number of fused-ring (bicyclic) bond motifs is 2. The number of para-hydroxylation sites is 1. The molecular weight excluding hydrogens is 392 g/mol. The predicted molar refractivity (Wildman–Crippen MR) is 125 cm³/mol. The van der Waals surface area contributed by atoms with E-state index in [0.29, 0.717) is 6.04 Å². The Bertz CT molecular complexity index is 1030. The van der Waals surface area contributed by atoms with Gasteiger partial charge in [-0.05, 0) is 55.6 Å². The maximum Gasteiger partial charge on any atom is 0.133 e. The number of nitrogens with one attached hydrogen (secondary N) is 1. The zero-order valence-corrected chi connectivity index (χ0v) is 18.3. The van der Waals surface area contributed by atoms with Crippen LogP contribution in [-0.2, 0) is 13.1 Å². The normalized spacial score (nSPS) is 19.4. The third-order valence-corrected chi connectivity index (χ3v) is 6.80. The van der Waals surface area contributed by atoms with Gasteiger partial charge in [0.05, 0.1) is 5.52 Å². The summed E-state index contributed by atoms with van der Waals surface area (Å²) in [6.07, 6.45) is 2.64. The van der Waals surface area contributed by atoms with Crippen molar-refractivity contribution < 1.29 is 0 Å². The number of aryl methyl sites for hydroxylation is 1. The van der Waals surface area contributed by atoms with Crippen molar-refractivity contribution in [2.75, 3.05) is 31.1 Å². The number of piperazine rings is 1. The number of nitrogens with zero attached hydrogens (tertiary/aromatic N) is 3. The van der Waals surface area contributed by atoms with Gasteiger partial charge in [0.1, 0.15) is 5.82 Å². The van der Waals surface area contributed by atoms with E-state index in [4.69, 9.17) is 16.6 Å². The van der Waals surface area contributed by atoms with E-state index in [2.05, 4.69) is 58.4 Å². The average Bonchev–Trinajstić information content (AvgIpc) is 3.23. The van der Waals surface area contributed by atoms with E-state index in [1.165, 1.54) is 41.5 Å². The van der Waals surface area contributed by atoms with Crippen molar-refractivity contribution in [3.8, 4) is 0 Å². The van der Waals surface area contributed by atoms with Crippen molar-refractivity contribution in [1.29, 1.82) is 0 Å². The summed E-state index contributed by atoms with van der Waals surface area (Å²) in [5.74, 6) is 1.16. The maximum atomic E-state index is 6.02. The van der Waals surface area contributed by atoms with Gasteiger partial charge in [-0.3, -0.25) is 4.90 Å². The molecule has 0 saturated carbocycles. The molecule has 4 nitrogen and oxygen atoms in total. The third kappa shape index (κ3) is 4.04. The van der Waals surface area contributed by atoms with Crippen molar-refractivity contribution in [1.82, 2.24) is 15.2 Å². The Labute approximate surface area is 183 Å². The van der Waals surface area contributed by atoms with E-state index >= 15 is 0 Å². The van der Waals surface area contributed by atoms with Crippen molar-refractivity contribution >= 4 is 28.3 Å². The number of halogens is 1. The van der Waals surface area contributed by atoms with E-state index in [-0.39, 0.29) is 0 Å². The number of hydrogen-bond donors (Lipinski definition) is 1. The molecule has 1 N–H and O–H groups in total. The molecule has 156 valence electrons. The quantitative estimate of drug-likeness (QED) is 0.644. The Morgan fingerprint density at radius 2 is 1.93 bits per heavy atom. The molecule has 1 unspecified atom stereocenters. The lowest BCUT2D eigenvalue weighted by molar-refractivity contribution is 0.230. The van der Waals surface area contributed by atoms with E-state index in [1.807, 2.05) is 12.1 Å². The number of aromatic nitrogens is 1. The first-order valence-electron chi connectivity index (χ1n) is 11.0. The molecular formula is C25H29ClN4. The lowest BCUT2D eigenvalue weighted by Gasteiger charge is -2.39. The standard InChI is InChI=1S/C25H29ClN4/c1-18-4-2-5-20-14-21(16-27-15-19-7-9-22(26)10-8-19)25(28-24(18)20)30-13-12-29-11-3-6-23(29)17-30/h2,4-5,7-10,14,23,27H,3,6,11-13,15-17H2,1H3. The summed E-state index contributed by atoms with van der Waals surface area (Å²) in [6, 6.07) is 17.5. The molecule has 2 aliphatic rings. The summed E-state index contributed by atoms with van der Waals surface area (Å²) in [6.45, 7) is 8.35. The second-order valence-corrected chi connectivity index (χ2v) is 9.06. The van der Waals surface area contributed by atoms with Crippen LogP contribution in [0.25, 0.3) is 10.9 Å². The van der Waals surface area contributed by atoms with Gasteiger partial charge in [-0.1, -0.05) is 41.9 Å². The van der Waals surface area contributed by atoms with Gasteiger partial charge >= 0.3 is 0 Å². The zero-order chi connectivity index (χ0) is 20.5. The van der Waals surface area contributed by atoms with Crippen LogP contribution in [0.4, 0.5) is 5.82 Å². The van der Waals surface area contributed by atoms with Crippen molar-refractivity contribution in [3.05, 3.63) is 70.2 Å². The van der Waals surface area contributed by atoms with E-state index in [9.17, 15) is 0 Å². The fourth-order valence-corrected chi connectivity index (χ4v) is 5.04. The summed E-state index contributed by atoms with van der Waals surface area (Å²) in [4.78, 5) is 10.4. The van der Waals surface area contributed by atoms with E-state index < -0.39 is 0 Å². The van der Waals surface area contributed by atoms with Gasteiger partial charge in [0.15, 0.2) is 0 Å². The Morgan fingerprint density at radius 1 is 1.07 bits per heavy atom. The molecule has 0 spiro atoms. The topological polar surface area (TPSA) is 31.4 Å². The lowest BCUT2D eigenvalue weighted by atomic mass is 10.1. The molecule has 0 amide bonds. The monoisotopic (exact) mass is 420 g/mol. The Balaban J connectivity index is 1.41. The number of anilines is 1. The molecule has 0 aliphatic carbocycles. The highest BCUT2D eigenvalue weighted by Gasteiger charge is 2.31. The smallest absolute Gasteiger partial charge is 0.133 e. The second-order valence-electron chi connectivity index (χ2n) is 8.63. The molecule has 2 fully saturated rings. The van der Waals surface area contributed by atoms with Crippen LogP contribution in [0.2, 0.25) is 5.02 Å².